The predicted molar refractivity (Wildman–Crippen MR) is 109 cm³/mol. The second-order valence-corrected chi connectivity index (χ2v) is 7.15. The zero-order chi connectivity index (χ0) is 19.5. The molecule has 4 N–H and O–H groups in total. The fourth-order valence-corrected chi connectivity index (χ4v) is 3.66. The molecule has 144 valence electrons. The van der Waals surface area contributed by atoms with E-state index in [0.717, 1.165) is 32.5 Å². The Labute approximate surface area is 163 Å². The molecule has 7 heteroatoms. The molecule has 2 aromatic carbocycles. The third kappa shape index (κ3) is 4.04. The van der Waals surface area contributed by atoms with E-state index in [9.17, 15) is 9.90 Å². The lowest BCUT2D eigenvalue weighted by atomic mass is 10.0. The second-order valence-electron chi connectivity index (χ2n) is 7.15. The number of nitrogens with zero attached hydrogens (tertiary/aromatic N) is 3. The topological polar surface area (TPSA) is 104 Å². The van der Waals surface area contributed by atoms with E-state index in [1.807, 2.05) is 6.07 Å². The van der Waals surface area contributed by atoms with Crippen molar-refractivity contribution in [2.75, 3.05) is 24.1 Å². The first kappa shape index (κ1) is 18.2. The predicted octanol–water partition coefficient (Wildman–Crippen LogP) is 2.99. The molecule has 0 radical (unpaired) electrons. The number of rotatable bonds is 5. The van der Waals surface area contributed by atoms with Gasteiger partial charge in [-0.2, -0.15) is 4.98 Å². The van der Waals surface area contributed by atoms with E-state index in [2.05, 4.69) is 44.5 Å². The molecular formula is C21H23N5O2. The van der Waals surface area contributed by atoms with Crippen LogP contribution in [-0.2, 0) is 6.54 Å². The van der Waals surface area contributed by atoms with E-state index in [0.29, 0.717) is 16.7 Å². The van der Waals surface area contributed by atoms with Gasteiger partial charge in [0.05, 0.1) is 11.1 Å². The largest absolute Gasteiger partial charge is 0.478 e. The van der Waals surface area contributed by atoms with Crippen LogP contribution in [0, 0.1) is 0 Å². The summed E-state index contributed by atoms with van der Waals surface area (Å²) < 4.78 is 0. The number of carboxylic acids is 1. The van der Waals surface area contributed by atoms with E-state index in [-0.39, 0.29) is 17.6 Å². The van der Waals surface area contributed by atoms with Gasteiger partial charge in [-0.05, 0) is 36.6 Å². The third-order valence-electron chi connectivity index (χ3n) is 5.14. The van der Waals surface area contributed by atoms with Gasteiger partial charge in [0.2, 0.25) is 5.95 Å². The molecule has 0 amide bonds. The van der Waals surface area contributed by atoms with Crippen molar-refractivity contribution >= 4 is 28.6 Å². The van der Waals surface area contributed by atoms with Gasteiger partial charge in [-0.25, -0.2) is 9.78 Å². The molecule has 1 aliphatic heterocycles. The fraction of sp³-hybridized carbons (Fsp3) is 0.286. The Morgan fingerprint density at radius 1 is 1.14 bits per heavy atom. The molecule has 0 aliphatic carbocycles. The van der Waals surface area contributed by atoms with Crippen molar-refractivity contribution in [1.29, 1.82) is 0 Å². The van der Waals surface area contributed by atoms with E-state index in [1.54, 1.807) is 12.1 Å². The number of piperidine rings is 1. The molecular weight excluding hydrogens is 354 g/mol. The highest BCUT2D eigenvalue weighted by atomic mass is 16.4. The lowest BCUT2D eigenvalue weighted by Crippen LogP contribution is -2.38. The summed E-state index contributed by atoms with van der Waals surface area (Å²) in [6.07, 6.45) is 1.97. The maximum absolute atomic E-state index is 11.3. The second kappa shape index (κ2) is 7.82. The molecule has 0 unspecified atom stereocenters. The van der Waals surface area contributed by atoms with Crippen LogP contribution < -0.4 is 11.1 Å². The zero-order valence-electron chi connectivity index (χ0n) is 15.5. The van der Waals surface area contributed by atoms with Gasteiger partial charge in [0.1, 0.15) is 5.82 Å². The average molecular weight is 377 g/mol. The number of anilines is 2. The van der Waals surface area contributed by atoms with Gasteiger partial charge in [0.25, 0.3) is 0 Å². The van der Waals surface area contributed by atoms with Crippen LogP contribution in [0.3, 0.4) is 0 Å². The Morgan fingerprint density at radius 2 is 1.89 bits per heavy atom. The first-order chi connectivity index (χ1) is 13.6. The number of carboxylic acid groups (broad SMARTS) is 1. The van der Waals surface area contributed by atoms with Crippen molar-refractivity contribution in [2.45, 2.75) is 25.4 Å². The van der Waals surface area contributed by atoms with Gasteiger partial charge < -0.3 is 16.2 Å². The Hall–Kier alpha value is -3.19. The van der Waals surface area contributed by atoms with Crippen LogP contribution in [0.2, 0.25) is 0 Å². The molecule has 1 aliphatic rings. The Kier molecular flexibility index (Phi) is 5.08. The summed E-state index contributed by atoms with van der Waals surface area (Å²) in [6, 6.07) is 15.5. The minimum Gasteiger partial charge on any atom is -0.478 e. The summed E-state index contributed by atoms with van der Waals surface area (Å²) in [5.74, 6) is -0.189. The van der Waals surface area contributed by atoms with E-state index in [1.165, 1.54) is 11.6 Å². The molecule has 1 aromatic heterocycles. The maximum Gasteiger partial charge on any atom is 0.335 e. The van der Waals surface area contributed by atoms with Crippen molar-refractivity contribution in [3.05, 3.63) is 59.7 Å². The molecule has 4 rings (SSSR count). The number of nitrogen functional groups attached to an aromatic ring is 1. The van der Waals surface area contributed by atoms with Crippen LogP contribution in [0.1, 0.15) is 28.8 Å². The lowest BCUT2D eigenvalue weighted by Gasteiger charge is -2.32. The fourth-order valence-electron chi connectivity index (χ4n) is 3.66. The minimum absolute atomic E-state index is 0.180. The molecule has 2 heterocycles. The molecule has 0 atom stereocenters. The van der Waals surface area contributed by atoms with Gasteiger partial charge >= 0.3 is 5.97 Å². The maximum atomic E-state index is 11.3. The van der Waals surface area contributed by atoms with Crippen LogP contribution in [0.15, 0.2) is 48.5 Å². The molecule has 28 heavy (non-hydrogen) atoms. The summed E-state index contributed by atoms with van der Waals surface area (Å²) in [5, 5.41) is 13.4. The smallest absolute Gasteiger partial charge is 0.335 e. The van der Waals surface area contributed by atoms with Crippen molar-refractivity contribution in [3.8, 4) is 0 Å². The van der Waals surface area contributed by atoms with E-state index >= 15 is 0 Å². The number of aromatic carboxylic acids is 1. The molecule has 3 aromatic rings. The zero-order valence-corrected chi connectivity index (χ0v) is 15.5. The van der Waals surface area contributed by atoms with Crippen molar-refractivity contribution in [1.82, 2.24) is 14.9 Å². The first-order valence-electron chi connectivity index (χ1n) is 9.42. The van der Waals surface area contributed by atoms with Crippen LogP contribution in [0.4, 0.5) is 11.8 Å². The molecule has 0 saturated carbocycles. The van der Waals surface area contributed by atoms with Gasteiger partial charge in [-0.3, -0.25) is 4.90 Å². The van der Waals surface area contributed by atoms with E-state index < -0.39 is 5.97 Å². The Balaban J connectivity index is 1.46. The first-order valence-corrected chi connectivity index (χ1v) is 9.42. The summed E-state index contributed by atoms with van der Waals surface area (Å²) in [7, 11) is 0. The summed E-state index contributed by atoms with van der Waals surface area (Å²) in [6.45, 7) is 2.94. The van der Waals surface area contributed by atoms with Crippen LogP contribution in [0.25, 0.3) is 10.9 Å². The van der Waals surface area contributed by atoms with Crippen LogP contribution >= 0.6 is 0 Å². The summed E-state index contributed by atoms with van der Waals surface area (Å²) in [4.78, 5) is 22.3. The monoisotopic (exact) mass is 377 g/mol. The van der Waals surface area contributed by atoms with Crippen LogP contribution in [-0.4, -0.2) is 45.1 Å². The third-order valence-corrected chi connectivity index (χ3v) is 5.14. The van der Waals surface area contributed by atoms with Crippen molar-refractivity contribution < 1.29 is 9.90 Å². The van der Waals surface area contributed by atoms with Crippen LogP contribution in [0.5, 0.6) is 0 Å². The number of hydrogen-bond donors (Lipinski definition) is 3. The number of nitrogens with two attached hydrogens (primary N) is 1. The Morgan fingerprint density at radius 3 is 2.61 bits per heavy atom. The number of carbonyl (C=O) groups is 1. The number of nitrogens with one attached hydrogen (secondary N) is 1. The number of hydrogen-bond acceptors (Lipinski definition) is 6. The van der Waals surface area contributed by atoms with E-state index in [4.69, 9.17) is 5.73 Å². The van der Waals surface area contributed by atoms with Crippen molar-refractivity contribution in [3.63, 3.8) is 0 Å². The minimum atomic E-state index is -0.973. The molecule has 1 fully saturated rings. The summed E-state index contributed by atoms with van der Waals surface area (Å²) in [5.41, 5.74) is 8.02. The number of benzene rings is 2. The molecule has 7 nitrogen and oxygen atoms in total. The highest BCUT2D eigenvalue weighted by Crippen LogP contribution is 2.25. The number of likely N-dealkylation sites (tertiary alicyclic amines) is 1. The van der Waals surface area contributed by atoms with Gasteiger partial charge in [0, 0.05) is 31.1 Å². The quantitative estimate of drug-likeness (QED) is 0.628. The highest BCUT2D eigenvalue weighted by Gasteiger charge is 2.21. The number of aromatic nitrogens is 2. The van der Waals surface area contributed by atoms with Gasteiger partial charge in [0.15, 0.2) is 0 Å². The standard InChI is InChI=1S/C21H23N5O2/c22-21-24-18-7-6-15(20(27)28)12-17(18)19(25-21)23-16-8-10-26(11-9-16)13-14-4-2-1-3-5-14/h1-7,12,16H,8-11,13H2,(H,27,28)(H3,22,23,24,25). The highest BCUT2D eigenvalue weighted by molar-refractivity contribution is 5.97. The number of fused-ring (bicyclic) bond motifs is 1. The SMILES string of the molecule is Nc1nc(NC2CCN(Cc3ccccc3)CC2)c2cc(C(=O)O)ccc2n1. The molecule has 0 spiro atoms. The Bertz CT molecular complexity index is 985. The molecule has 1 saturated heterocycles. The lowest BCUT2D eigenvalue weighted by molar-refractivity contribution is 0.0697. The average Bonchev–Trinajstić information content (AvgIpc) is 2.70. The van der Waals surface area contributed by atoms with Crippen molar-refractivity contribution in [2.24, 2.45) is 0 Å². The van der Waals surface area contributed by atoms with Gasteiger partial charge in [-0.1, -0.05) is 30.3 Å². The van der Waals surface area contributed by atoms with Gasteiger partial charge in [-0.15, -0.1) is 0 Å². The normalized spacial score (nSPS) is 15.6. The summed E-state index contributed by atoms with van der Waals surface area (Å²) >= 11 is 0. The molecule has 0 bridgehead atoms.